The summed E-state index contributed by atoms with van der Waals surface area (Å²) in [5.74, 6) is -1.23. The fourth-order valence-corrected chi connectivity index (χ4v) is 1.47. The van der Waals surface area contributed by atoms with Crippen LogP contribution in [0, 0.1) is 17.2 Å². The van der Waals surface area contributed by atoms with E-state index in [1.807, 2.05) is 6.07 Å². The Morgan fingerprint density at radius 3 is 2.10 bits per heavy atom. The Hall–Kier alpha value is -1.16. The molecule has 6 heteroatoms. The van der Waals surface area contributed by atoms with Gasteiger partial charge in [-0.15, -0.1) is 0 Å². The number of carbonyl (C=O) groups is 1. The molecule has 0 saturated carbocycles. The molecule has 0 aromatic heterocycles. The minimum absolute atomic E-state index is 0.284. The third kappa shape index (κ3) is 12.3. The van der Waals surface area contributed by atoms with Crippen LogP contribution in [-0.4, -0.2) is 52.2 Å². The Morgan fingerprint density at radius 2 is 1.57 bits per heavy atom. The molecule has 122 valence electrons. The lowest BCUT2D eigenvalue weighted by Crippen LogP contribution is -2.18. The molecule has 0 amide bonds. The Morgan fingerprint density at radius 1 is 1.00 bits per heavy atom. The lowest BCUT2D eigenvalue weighted by atomic mass is 10.1. The molecule has 0 aliphatic heterocycles. The monoisotopic (exact) mass is 301 g/mol. The zero-order valence-electron chi connectivity index (χ0n) is 13.1. The molecule has 6 nitrogen and oxygen atoms in total. The molecule has 0 radical (unpaired) electrons. The number of unbranched alkanes of at least 4 members (excludes halogenated alkanes) is 1. The molecule has 0 aliphatic rings. The molecule has 0 aliphatic carbocycles. The molecule has 0 bridgehead atoms. The van der Waals surface area contributed by atoms with Crippen molar-refractivity contribution in [2.24, 2.45) is 5.92 Å². The van der Waals surface area contributed by atoms with E-state index in [9.17, 15) is 4.79 Å². The van der Waals surface area contributed by atoms with Crippen LogP contribution in [0.1, 0.15) is 33.1 Å². The number of hydrogen-bond acceptors (Lipinski definition) is 6. The van der Waals surface area contributed by atoms with Crippen molar-refractivity contribution in [1.82, 2.24) is 0 Å². The normalized spacial score (nSPS) is 11.9. The number of carbonyl (C=O) groups excluding carboxylic acids is 1. The van der Waals surface area contributed by atoms with Crippen molar-refractivity contribution in [2.75, 3.05) is 46.2 Å². The van der Waals surface area contributed by atoms with Gasteiger partial charge in [0.25, 0.3) is 0 Å². The van der Waals surface area contributed by atoms with E-state index in [2.05, 4.69) is 6.92 Å². The zero-order chi connectivity index (χ0) is 15.8. The Kier molecular flexibility index (Phi) is 14.4. The molecular formula is C15H27NO5. The third-order valence-electron chi connectivity index (χ3n) is 2.66. The number of hydrogen-bond donors (Lipinski definition) is 0. The van der Waals surface area contributed by atoms with Gasteiger partial charge in [0.15, 0.2) is 0 Å². The summed E-state index contributed by atoms with van der Waals surface area (Å²) in [5.41, 5.74) is 0. The van der Waals surface area contributed by atoms with Crippen molar-refractivity contribution in [1.29, 1.82) is 5.26 Å². The van der Waals surface area contributed by atoms with Crippen LogP contribution in [0.2, 0.25) is 0 Å². The summed E-state index contributed by atoms with van der Waals surface area (Å²) in [4.78, 5) is 11.3. The minimum atomic E-state index is -0.752. The van der Waals surface area contributed by atoms with Crippen molar-refractivity contribution in [3.63, 3.8) is 0 Å². The topological polar surface area (TPSA) is 77.8 Å². The van der Waals surface area contributed by atoms with Crippen molar-refractivity contribution < 1.29 is 23.7 Å². The van der Waals surface area contributed by atoms with Gasteiger partial charge in [-0.25, -0.2) is 0 Å². The van der Waals surface area contributed by atoms with E-state index in [1.54, 1.807) is 6.92 Å². The van der Waals surface area contributed by atoms with Gasteiger partial charge in [0.2, 0.25) is 0 Å². The summed E-state index contributed by atoms with van der Waals surface area (Å²) in [6.07, 6.45) is 2.54. The van der Waals surface area contributed by atoms with Crippen LogP contribution in [-0.2, 0) is 23.7 Å². The summed E-state index contributed by atoms with van der Waals surface area (Å²) >= 11 is 0. The van der Waals surface area contributed by atoms with Crippen LogP contribution in [0.15, 0.2) is 0 Å². The molecule has 21 heavy (non-hydrogen) atoms. The van der Waals surface area contributed by atoms with E-state index in [0.29, 0.717) is 39.5 Å². The smallest absolute Gasteiger partial charge is 0.323 e. The molecule has 0 heterocycles. The van der Waals surface area contributed by atoms with E-state index in [1.165, 1.54) is 0 Å². The first-order valence-corrected chi connectivity index (χ1v) is 7.55. The SMILES string of the molecule is CCCCOCCOCCOCCC(C#N)C(=O)OCC. The highest BCUT2D eigenvalue weighted by molar-refractivity contribution is 5.75. The largest absolute Gasteiger partial charge is 0.465 e. The Bertz CT molecular complexity index is 290. The van der Waals surface area contributed by atoms with Crippen LogP contribution in [0.4, 0.5) is 0 Å². The number of esters is 1. The van der Waals surface area contributed by atoms with Crippen LogP contribution in [0.3, 0.4) is 0 Å². The summed E-state index contributed by atoms with van der Waals surface area (Å²) < 4.78 is 20.8. The standard InChI is InChI=1S/C15H27NO5/c1-3-5-7-18-9-11-20-12-10-19-8-6-14(13-16)15(17)21-4-2/h14H,3-12H2,1-2H3. The summed E-state index contributed by atoms with van der Waals surface area (Å²) in [7, 11) is 0. The maximum atomic E-state index is 11.3. The fourth-order valence-electron chi connectivity index (χ4n) is 1.47. The highest BCUT2D eigenvalue weighted by Crippen LogP contribution is 2.04. The van der Waals surface area contributed by atoms with E-state index in [4.69, 9.17) is 24.2 Å². The van der Waals surface area contributed by atoms with E-state index in [-0.39, 0.29) is 6.61 Å². The third-order valence-corrected chi connectivity index (χ3v) is 2.66. The quantitative estimate of drug-likeness (QED) is 0.360. The fraction of sp³-hybridized carbons (Fsp3) is 0.867. The van der Waals surface area contributed by atoms with Gasteiger partial charge in [-0.05, 0) is 19.8 Å². The van der Waals surface area contributed by atoms with E-state index >= 15 is 0 Å². The van der Waals surface area contributed by atoms with Crippen molar-refractivity contribution in [3.05, 3.63) is 0 Å². The molecule has 0 fully saturated rings. The molecule has 0 spiro atoms. The van der Waals surface area contributed by atoms with Gasteiger partial charge in [-0.1, -0.05) is 13.3 Å². The van der Waals surface area contributed by atoms with Gasteiger partial charge in [0, 0.05) is 13.2 Å². The molecule has 1 unspecified atom stereocenters. The van der Waals surface area contributed by atoms with Crippen molar-refractivity contribution in [2.45, 2.75) is 33.1 Å². The second kappa shape index (κ2) is 15.2. The average molecular weight is 301 g/mol. The van der Waals surface area contributed by atoms with Crippen LogP contribution in [0.5, 0.6) is 0 Å². The van der Waals surface area contributed by atoms with Crippen LogP contribution < -0.4 is 0 Å². The predicted octanol–water partition coefficient (Wildman–Crippen LogP) is 1.93. The number of ether oxygens (including phenoxy) is 4. The molecule has 0 saturated heterocycles. The lowest BCUT2D eigenvalue weighted by molar-refractivity contribution is -0.146. The van der Waals surface area contributed by atoms with Gasteiger partial charge >= 0.3 is 5.97 Å². The Labute approximate surface area is 127 Å². The molecule has 0 rings (SSSR count). The second-order valence-corrected chi connectivity index (χ2v) is 4.41. The number of nitrogens with zero attached hydrogens (tertiary/aromatic N) is 1. The highest BCUT2D eigenvalue weighted by Gasteiger charge is 2.18. The number of nitriles is 1. The van der Waals surface area contributed by atoms with Crippen LogP contribution >= 0.6 is 0 Å². The predicted molar refractivity (Wildman–Crippen MR) is 77.7 cm³/mol. The molecule has 0 N–H and O–H groups in total. The van der Waals surface area contributed by atoms with Gasteiger partial charge < -0.3 is 18.9 Å². The minimum Gasteiger partial charge on any atom is -0.465 e. The van der Waals surface area contributed by atoms with Crippen LogP contribution in [0.25, 0.3) is 0 Å². The second-order valence-electron chi connectivity index (χ2n) is 4.41. The molecule has 0 aromatic rings. The summed E-state index contributed by atoms with van der Waals surface area (Å²) in [5, 5.41) is 8.84. The molecule has 1 atom stereocenters. The lowest BCUT2D eigenvalue weighted by Gasteiger charge is -2.09. The van der Waals surface area contributed by atoms with E-state index in [0.717, 1.165) is 19.4 Å². The zero-order valence-corrected chi connectivity index (χ0v) is 13.1. The maximum absolute atomic E-state index is 11.3. The summed E-state index contributed by atoms with van der Waals surface area (Å²) in [6, 6.07) is 1.92. The highest BCUT2D eigenvalue weighted by atomic mass is 16.5. The first-order valence-electron chi connectivity index (χ1n) is 7.55. The maximum Gasteiger partial charge on any atom is 0.323 e. The molecule has 0 aromatic carbocycles. The Balaban J connectivity index is 3.35. The summed E-state index contributed by atoms with van der Waals surface area (Å²) in [6.45, 7) is 7.31. The number of rotatable bonds is 14. The van der Waals surface area contributed by atoms with Gasteiger partial charge in [0.1, 0.15) is 5.92 Å². The van der Waals surface area contributed by atoms with Crippen molar-refractivity contribution in [3.8, 4) is 6.07 Å². The van der Waals surface area contributed by atoms with Crippen molar-refractivity contribution >= 4 is 5.97 Å². The van der Waals surface area contributed by atoms with Gasteiger partial charge in [0.05, 0.1) is 39.1 Å². The van der Waals surface area contributed by atoms with Gasteiger partial charge in [-0.2, -0.15) is 5.26 Å². The average Bonchev–Trinajstić information content (AvgIpc) is 2.48. The van der Waals surface area contributed by atoms with E-state index < -0.39 is 11.9 Å². The molecular weight excluding hydrogens is 274 g/mol. The first kappa shape index (κ1) is 19.8. The van der Waals surface area contributed by atoms with Gasteiger partial charge in [-0.3, -0.25) is 4.79 Å². The first-order chi connectivity index (χ1) is 10.3.